The maximum atomic E-state index is 4.07. The maximum absolute atomic E-state index is 4.07. The number of aryl methyl sites for hydroxylation is 1. The van der Waals surface area contributed by atoms with Crippen LogP contribution in [0.4, 0.5) is 0 Å². The zero-order valence-corrected chi connectivity index (χ0v) is 9.19. The number of aromatic nitrogens is 3. The molecule has 0 aliphatic carbocycles. The second kappa shape index (κ2) is 3.84. The summed E-state index contributed by atoms with van der Waals surface area (Å²) in [7, 11) is 0. The first-order valence-electron chi connectivity index (χ1n) is 4.17. The first kappa shape index (κ1) is 9.27. The van der Waals surface area contributed by atoms with Gasteiger partial charge in [0.25, 0.3) is 0 Å². The zero-order chi connectivity index (χ0) is 9.97. The van der Waals surface area contributed by atoms with E-state index in [9.17, 15) is 0 Å². The normalized spacial score (nSPS) is 10.1. The van der Waals surface area contributed by atoms with E-state index >= 15 is 0 Å². The van der Waals surface area contributed by atoms with Crippen LogP contribution in [0.2, 0.25) is 0 Å². The van der Waals surface area contributed by atoms with Crippen LogP contribution < -0.4 is 0 Å². The number of nitrogens with zero attached hydrogens (tertiary/aromatic N) is 3. The van der Waals surface area contributed by atoms with E-state index in [0.717, 1.165) is 21.4 Å². The SMILES string of the molecule is Cc1nnc(Br)cc1-c1cccnc1. The van der Waals surface area contributed by atoms with Crippen molar-refractivity contribution in [3.63, 3.8) is 0 Å². The molecular weight excluding hydrogens is 242 g/mol. The first-order chi connectivity index (χ1) is 6.77. The lowest BCUT2D eigenvalue weighted by atomic mass is 10.1. The number of hydrogen-bond acceptors (Lipinski definition) is 3. The molecule has 2 rings (SSSR count). The largest absolute Gasteiger partial charge is 0.264 e. The number of halogens is 1. The smallest absolute Gasteiger partial charge is 0.129 e. The van der Waals surface area contributed by atoms with Gasteiger partial charge in [-0.05, 0) is 35.0 Å². The molecule has 4 heteroatoms. The Morgan fingerprint density at radius 2 is 2.14 bits per heavy atom. The molecule has 0 bridgehead atoms. The van der Waals surface area contributed by atoms with Gasteiger partial charge < -0.3 is 0 Å². The van der Waals surface area contributed by atoms with E-state index in [0.29, 0.717) is 0 Å². The van der Waals surface area contributed by atoms with Crippen molar-refractivity contribution in [3.8, 4) is 11.1 Å². The van der Waals surface area contributed by atoms with E-state index in [-0.39, 0.29) is 0 Å². The Morgan fingerprint density at radius 1 is 1.29 bits per heavy atom. The highest BCUT2D eigenvalue weighted by molar-refractivity contribution is 9.10. The highest BCUT2D eigenvalue weighted by Crippen LogP contribution is 2.22. The van der Waals surface area contributed by atoms with Crippen LogP contribution in [-0.4, -0.2) is 15.2 Å². The molecular formula is C10H8BrN3. The summed E-state index contributed by atoms with van der Waals surface area (Å²) < 4.78 is 0.738. The van der Waals surface area contributed by atoms with Crippen LogP contribution in [0.25, 0.3) is 11.1 Å². The van der Waals surface area contributed by atoms with Gasteiger partial charge in [-0.1, -0.05) is 6.07 Å². The van der Waals surface area contributed by atoms with Crippen LogP contribution in [-0.2, 0) is 0 Å². The molecule has 0 fully saturated rings. The van der Waals surface area contributed by atoms with Crippen LogP contribution in [0.5, 0.6) is 0 Å². The summed E-state index contributed by atoms with van der Waals surface area (Å²) in [5.74, 6) is 0. The predicted molar refractivity (Wildman–Crippen MR) is 57.7 cm³/mol. The van der Waals surface area contributed by atoms with Gasteiger partial charge in [0.1, 0.15) is 4.60 Å². The fraction of sp³-hybridized carbons (Fsp3) is 0.100. The van der Waals surface area contributed by atoms with Gasteiger partial charge in [-0.3, -0.25) is 4.98 Å². The molecule has 0 spiro atoms. The molecule has 0 radical (unpaired) electrons. The lowest BCUT2D eigenvalue weighted by Gasteiger charge is -2.03. The summed E-state index contributed by atoms with van der Waals surface area (Å²) in [5, 5.41) is 7.94. The quantitative estimate of drug-likeness (QED) is 0.780. The van der Waals surface area contributed by atoms with Crippen molar-refractivity contribution >= 4 is 15.9 Å². The standard InChI is InChI=1S/C10H8BrN3/c1-7-9(5-10(11)14-13-7)8-3-2-4-12-6-8/h2-6H,1H3. The molecule has 0 N–H and O–H groups in total. The third kappa shape index (κ3) is 1.80. The third-order valence-electron chi connectivity index (χ3n) is 1.92. The van der Waals surface area contributed by atoms with E-state index in [1.54, 1.807) is 6.20 Å². The summed E-state index contributed by atoms with van der Waals surface area (Å²) in [6, 6.07) is 5.85. The predicted octanol–water partition coefficient (Wildman–Crippen LogP) is 2.61. The molecule has 14 heavy (non-hydrogen) atoms. The molecule has 0 unspecified atom stereocenters. The van der Waals surface area contributed by atoms with Crippen molar-refractivity contribution in [2.75, 3.05) is 0 Å². The molecule has 0 aliphatic rings. The second-order valence-corrected chi connectivity index (χ2v) is 3.72. The molecule has 3 nitrogen and oxygen atoms in total. The van der Waals surface area contributed by atoms with Crippen LogP contribution in [0.1, 0.15) is 5.69 Å². The Bertz CT molecular complexity index is 442. The van der Waals surface area contributed by atoms with Gasteiger partial charge in [-0.15, -0.1) is 5.10 Å². The van der Waals surface area contributed by atoms with Gasteiger partial charge in [0.2, 0.25) is 0 Å². The molecule has 0 atom stereocenters. The Hall–Kier alpha value is -1.29. The molecule has 2 heterocycles. The third-order valence-corrected chi connectivity index (χ3v) is 2.31. The van der Waals surface area contributed by atoms with E-state index in [4.69, 9.17) is 0 Å². The first-order valence-corrected chi connectivity index (χ1v) is 4.97. The fourth-order valence-electron chi connectivity index (χ4n) is 1.24. The number of pyridine rings is 1. The van der Waals surface area contributed by atoms with Gasteiger partial charge in [-0.2, -0.15) is 5.10 Å². The Morgan fingerprint density at radius 3 is 2.86 bits per heavy atom. The van der Waals surface area contributed by atoms with Crippen LogP contribution in [0, 0.1) is 6.92 Å². The fourth-order valence-corrected chi connectivity index (χ4v) is 1.55. The van der Waals surface area contributed by atoms with E-state index in [1.165, 1.54) is 0 Å². The average molecular weight is 250 g/mol. The minimum atomic E-state index is 0.738. The number of hydrogen-bond donors (Lipinski definition) is 0. The minimum Gasteiger partial charge on any atom is -0.264 e. The molecule has 0 amide bonds. The van der Waals surface area contributed by atoms with Crippen molar-refractivity contribution in [1.82, 2.24) is 15.2 Å². The van der Waals surface area contributed by atoms with Crippen molar-refractivity contribution in [2.45, 2.75) is 6.92 Å². The van der Waals surface area contributed by atoms with Crippen LogP contribution in [0.3, 0.4) is 0 Å². The van der Waals surface area contributed by atoms with Gasteiger partial charge in [0, 0.05) is 23.5 Å². The minimum absolute atomic E-state index is 0.738. The highest BCUT2D eigenvalue weighted by Gasteiger charge is 2.04. The Kier molecular flexibility index (Phi) is 2.54. The Balaban J connectivity index is 2.57. The van der Waals surface area contributed by atoms with Gasteiger partial charge in [0.15, 0.2) is 0 Å². The van der Waals surface area contributed by atoms with Crippen molar-refractivity contribution < 1.29 is 0 Å². The molecule has 0 saturated carbocycles. The van der Waals surface area contributed by atoms with Gasteiger partial charge >= 0.3 is 0 Å². The van der Waals surface area contributed by atoms with E-state index < -0.39 is 0 Å². The molecule has 70 valence electrons. The summed E-state index contributed by atoms with van der Waals surface area (Å²) in [5.41, 5.74) is 3.02. The summed E-state index contributed by atoms with van der Waals surface area (Å²) in [4.78, 5) is 4.07. The lowest BCUT2D eigenvalue weighted by molar-refractivity contribution is 0.962. The highest BCUT2D eigenvalue weighted by atomic mass is 79.9. The van der Waals surface area contributed by atoms with Gasteiger partial charge in [0.05, 0.1) is 5.69 Å². The average Bonchev–Trinajstić information content (AvgIpc) is 2.23. The van der Waals surface area contributed by atoms with Crippen LogP contribution in [0.15, 0.2) is 35.2 Å². The van der Waals surface area contributed by atoms with Crippen molar-refractivity contribution in [1.29, 1.82) is 0 Å². The van der Waals surface area contributed by atoms with E-state index in [2.05, 4.69) is 31.1 Å². The van der Waals surface area contributed by atoms with E-state index in [1.807, 2.05) is 31.3 Å². The molecule has 0 aliphatic heterocycles. The topological polar surface area (TPSA) is 38.7 Å². The molecule has 0 saturated heterocycles. The summed E-state index contributed by atoms with van der Waals surface area (Å²) in [6.07, 6.45) is 3.57. The molecule has 2 aromatic rings. The zero-order valence-electron chi connectivity index (χ0n) is 7.61. The lowest BCUT2D eigenvalue weighted by Crippen LogP contribution is -1.91. The summed E-state index contributed by atoms with van der Waals surface area (Å²) >= 11 is 3.30. The Labute approximate surface area is 90.3 Å². The van der Waals surface area contributed by atoms with Crippen molar-refractivity contribution in [3.05, 3.63) is 40.9 Å². The number of rotatable bonds is 1. The second-order valence-electron chi connectivity index (χ2n) is 2.91. The summed E-state index contributed by atoms with van der Waals surface area (Å²) in [6.45, 7) is 1.93. The van der Waals surface area contributed by atoms with Crippen LogP contribution >= 0.6 is 15.9 Å². The molecule has 0 aromatic carbocycles. The van der Waals surface area contributed by atoms with Crippen molar-refractivity contribution in [2.24, 2.45) is 0 Å². The molecule has 2 aromatic heterocycles. The monoisotopic (exact) mass is 249 g/mol. The van der Waals surface area contributed by atoms with Gasteiger partial charge in [-0.25, -0.2) is 0 Å². The maximum Gasteiger partial charge on any atom is 0.129 e.